The molecule has 1 fully saturated rings. The molecule has 1 aromatic heterocycles. The highest BCUT2D eigenvalue weighted by atomic mass is 16.1. The van der Waals surface area contributed by atoms with Gasteiger partial charge in [0, 0.05) is 23.6 Å². The molecule has 3 aromatic rings. The van der Waals surface area contributed by atoms with Gasteiger partial charge in [-0.2, -0.15) is 5.10 Å². The van der Waals surface area contributed by atoms with E-state index < -0.39 is 0 Å². The number of carbonyl (C=O) groups excluding carboxylic acids is 1. The van der Waals surface area contributed by atoms with Crippen molar-refractivity contribution in [3.05, 3.63) is 54.6 Å². The first kappa shape index (κ1) is 16.5. The standard InChI is InChI=1S/C20H21N5O/c26-18(13-15-9-6-12-21-15)22-17-11-5-4-10-16(17)20-23-19(24-25-20)14-7-2-1-3-8-14/h1-5,7-8,10-11,15,21H,6,9,12-13H2,(H,22,26)(H,23,24,25). The molecular formula is C20H21N5O. The fourth-order valence-corrected chi connectivity index (χ4v) is 3.25. The van der Waals surface area contributed by atoms with Gasteiger partial charge in [0.2, 0.25) is 5.91 Å². The van der Waals surface area contributed by atoms with Gasteiger partial charge in [-0.15, -0.1) is 0 Å². The number of aromatic amines is 1. The Labute approximate surface area is 152 Å². The predicted octanol–water partition coefficient (Wildman–Crippen LogP) is 3.22. The van der Waals surface area contributed by atoms with Gasteiger partial charge in [0.05, 0.1) is 5.69 Å². The van der Waals surface area contributed by atoms with Crippen LogP contribution in [0.4, 0.5) is 5.69 Å². The van der Waals surface area contributed by atoms with Crippen LogP contribution in [-0.2, 0) is 4.79 Å². The molecule has 6 heteroatoms. The fraction of sp³-hybridized carbons (Fsp3) is 0.250. The van der Waals surface area contributed by atoms with E-state index in [0.29, 0.717) is 18.1 Å². The summed E-state index contributed by atoms with van der Waals surface area (Å²) in [6, 6.07) is 17.7. The fourth-order valence-electron chi connectivity index (χ4n) is 3.25. The van der Waals surface area contributed by atoms with E-state index in [1.165, 1.54) is 0 Å². The Bertz CT molecular complexity index is 884. The van der Waals surface area contributed by atoms with Crippen molar-refractivity contribution in [3.8, 4) is 22.8 Å². The van der Waals surface area contributed by atoms with E-state index >= 15 is 0 Å². The summed E-state index contributed by atoms with van der Waals surface area (Å²) in [5.41, 5.74) is 2.52. The number of hydrogen-bond donors (Lipinski definition) is 3. The second-order valence-corrected chi connectivity index (χ2v) is 6.46. The number of amides is 1. The zero-order valence-electron chi connectivity index (χ0n) is 14.4. The van der Waals surface area contributed by atoms with Crippen LogP contribution in [0.25, 0.3) is 22.8 Å². The van der Waals surface area contributed by atoms with Crippen molar-refractivity contribution in [2.45, 2.75) is 25.3 Å². The maximum atomic E-state index is 12.4. The molecule has 0 saturated carbocycles. The quantitative estimate of drug-likeness (QED) is 0.662. The Morgan fingerprint density at radius 3 is 2.73 bits per heavy atom. The van der Waals surface area contributed by atoms with Crippen molar-refractivity contribution >= 4 is 11.6 Å². The molecule has 4 rings (SSSR count). The highest BCUT2D eigenvalue weighted by molar-refractivity contribution is 5.95. The third-order valence-electron chi connectivity index (χ3n) is 4.57. The van der Waals surface area contributed by atoms with E-state index in [4.69, 9.17) is 0 Å². The van der Waals surface area contributed by atoms with Crippen LogP contribution in [0.3, 0.4) is 0 Å². The molecule has 3 N–H and O–H groups in total. The molecule has 1 amide bonds. The molecule has 0 radical (unpaired) electrons. The molecule has 0 aliphatic carbocycles. The van der Waals surface area contributed by atoms with Crippen LogP contribution < -0.4 is 10.6 Å². The molecule has 1 unspecified atom stereocenters. The smallest absolute Gasteiger partial charge is 0.225 e. The maximum Gasteiger partial charge on any atom is 0.225 e. The van der Waals surface area contributed by atoms with Crippen molar-refractivity contribution in [1.29, 1.82) is 0 Å². The number of nitrogens with one attached hydrogen (secondary N) is 3. The molecule has 0 bridgehead atoms. The van der Waals surface area contributed by atoms with Gasteiger partial charge in [-0.25, -0.2) is 4.98 Å². The average molecular weight is 347 g/mol. The maximum absolute atomic E-state index is 12.4. The van der Waals surface area contributed by atoms with E-state index in [2.05, 4.69) is 25.8 Å². The number of carbonyl (C=O) groups is 1. The van der Waals surface area contributed by atoms with E-state index in [-0.39, 0.29) is 11.9 Å². The second-order valence-electron chi connectivity index (χ2n) is 6.46. The molecule has 6 nitrogen and oxygen atoms in total. The van der Waals surface area contributed by atoms with Crippen LogP contribution >= 0.6 is 0 Å². The van der Waals surface area contributed by atoms with Crippen molar-refractivity contribution < 1.29 is 4.79 Å². The van der Waals surface area contributed by atoms with Crippen molar-refractivity contribution in [3.63, 3.8) is 0 Å². The second kappa shape index (κ2) is 7.49. The van der Waals surface area contributed by atoms with Gasteiger partial charge < -0.3 is 10.6 Å². The Morgan fingerprint density at radius 2 is 1.92 bits per heavy atom. The van der Waals surface area contributed by atoms with Crippen LogP contribution in [-0.4, -0.2) is 33.7 Å². The number of H-pyrrole nitrogens is 1. The summed E-state index contributed by atoms with van der Waals surface area (Å²) in [5.74, 6) is 1.29. The summed E-state index contributed by atoms with van der Waals surface area (Å²) in [6.07, 6.45) is 2.67. The summed E-state index contributed by atoms with van der Waals surface area (Å²) in [4.78, 5) is 17.0. The van der Waals surface area contributed by atoms with Gasteiger partial charge in [0.15, 0.2) is 11.6 Å². The number of nitrogens with zero attached hydrogens (tertiary/aromatic N) is 2. The molecule has 26 heavy (non-hydrogen) atoms. The van der Waals surface area contributed by atoms with E-state index in [1.54, 1.807) is 0 Å². The molecule has 0 spiro atoms. The molecule has 1 aliphatic rings. The summed E-state index contributed by atoms with van der Waals surface area (Å²) < 4.78 is 0. The van der Waals surface area contributed by atoms with Gasteiger partial charge in [-0.3, -0.25) is 9.89 Å². The zero-order valence-corrected chi connectivity index (χ0v) is 14.4. The third-order valence-corrected chi connectivity index (χ3v) is 4.57. The highest BCUT2D eigenvalue weighted by Gasteiger charge is 2.19. The third kappa shape index (κ3) is 3.65. The van der Waals surface area contributed by atoms with E-state index in [9.17, 15) is 4.79 Å². The minimum atomic E-state index is 0.0136. The zero-order chi connectivity index (χ0) is 17.8. The van der Waals surface area contributed by atoms with Crippen LogP contribution in [0.15, 0.2) is 54.6 Å². The molecule has 2 heterocycles. The highest BCUT2D eigenvalue weighted by Crippen LogP contribution is 2.27. The Balaban J connectivity index is 1.54. The number of benzene rings is 2. The summed E-state index contributed by atoms with van der Waals surface area (Å²) in [7, 11) is 0. The number of hydrogen-bond acceptors (Lipinski definition) is 4. The first-order chi connectivity index (χ1) is 12.8. The summed E-state index contributed by atoms with van der Waals surface area (Å²) in [5, 5.41) is 13.7. The minimum Gasteiger partial charge on any atom is -0.325 e. The molecular weight excluding hydrogens is 326 g/mol. The lowest BCUT2D eigenvalue weighted by molar-refractivity contribution is -0.116. The normalized spacial score (nSPS) is 16.5. The monoisotopic (exact) mass is 347 g/mol. The van der Waals surface area contributed by atoms with Crippen LogP contribution in [0.1, 0.15) is 19.3 Å². The molecule has 1 atom stereocenters. The van der Waals surface area contributed by atoms with Gasteiger partial charge >= 0.3 is 0 Å². The average Bonchev–Trinajstić information content (AvgIpc) is 3.35. The van der Waals surface area contributed by atoms with Gasteiger partial charge in [-0.1, -0.05) is 42.5 Å². The Hall–Kier alpha value is -2.99. The van der Waals surface area contributed by atoms with E-state index in [1.807, 2.05) is 54.6 Å². The van der Waals surface area contributed by atoms with Gasteiger partial charge in [-0.05, 0) is 31.5 Å². The number of aromatic nitrogens is 3. The first-order valence-electron chi connectivity index (χ1n) is 8.90. The summed E-state index contributed by atoms with van der Waals surface area (Å²) >= 11 is 0. The SMILES string of the molecule is O=C(CC1CCCN1)Nc1ccccc1-c1nc(-c2ccccc2)n[nH]1. The Morgan fingerprint density at radius 1 is 1.12 bits per heavy atom. The lowest BCUT2D eigenvalue weighted by Crippen LogP contribution is -2.27. The first-order valence-corrected chi connectivity index (χ1v) is 8.90. The van der Waals surface area contributed by atoms with E-state index in [0.717, 1.165) is 36.2 Å². The lowest BCUT2D eigenvalue weighted by Gasteiger charge is -2.12. The molecule has 132 valence electrons. The lowest BCUT2D eigenvalue weighted by atomic mass is 10.1. The summed E-state index contributed by atoms with van der Waals surface area (Å²) in [6.45, 7) is 0.995. The van der Waals surface area contributed by atoms with Crippen LogP contribution in [0.5, 0.6) is 0 Å². The van der Waals surface area contributed by atoms with Crippen molar-refractivity contribution in [2.24, 2.45) is 0 Å². The van der Waals surface area contributed by atoms with Crippen molar-refractivity contribution in [1.82, 2.24) is 20.5 Å². The van der Waals surface area contributed by atoms with Crippen molar-refractivity contribution in [2.75, 3.05) is 11.9 Å². The van der Waals surface area contributed by atoms with Crippen LogP contribution in [0, 0.1) is 0 Å². The number of rotatable bonds is 5. The molecule has 2 aromatic carbocycles. The topological polar surface area (TPSA) is 82.7 Å². The van der Waals surface area contributed by atoms with Gasteiger partial charge in [0.1, 0.15) is 0 Å². The molecule has 1 aliphatic heterocycles. The van der Waals surface area contributed by atoms with Crippen LogP contribution in [0.2, 0.25) is 0 Å². The number of anilines is 1. The number of para-hydroxylation sites is 1. The minimum absolute atomic E-state index is 0.0136. The van der Waals surface area contributed by atoms with Gasteiger partial charge in [0.25, 0.3) is 0 Å². The largest absolute Gasteiger partial charge is 0.325 e. The molecule has 1 saturated heterocycles. The Kier molecular flexibility index (Phi) is 4.75. The predicted molar refractivity (Wildman–Crippen MR) is 102 cm³/mol.